The summed E-state index contributed by atoms with van der Waals surface area (Å²) < 4.78 is 28.9. The van der Waals surface area contributed by atoms with Gasteiger partial charge in [0.1, 0.15) is 5.82 Å². The third-order valence-corrected chi connectivity index (χ3v) is 3.14. The van der Waals surface area contributed by atoms with Crippen LogP contribution in [0.2, 0.25) is 0 Å². The number of hydrogen-bond acceptors (Lipinski definition) is 6. The molecule has 6 nitrogen and oxygen atoms in total. The van der Waals surface area contributed by atoms with E-state index >= 15 is 0 Å². The van der Waals surface area contributed by atoms with Gasteiger partial charge in [0.15, 0.2) is 11.5 Å². The van der Waals surface area contributed by atoms with Gasteiger partial charge >= 0.3 is 6.01 Å². The molecule has 7 heteroatoms. The Morgan fingerprint density at radius 2 is 1.77 bits per heavy atom. The number of anilines is 2. The topological polar surface area (TPSA) is 69.4 Å². The van der Waals surface area contributed by atoms with Gasteiger partial charge in [-0.25, -0.2) is 4.39 Å². The van der Waals surface area contributed by atoms with Gasteiger partial charge in [0.05, 0.1) is 0 Å². The molecular formula is C15H10FN3O3. The van der Waals surface area contributed by atoms with Crippen LogP contribution in [-0.2, 0) is 0 Å². The number of hydrogen-bond donors (Lipinski definition) is 1. The summed E-state index contributed by atoms with van der Waals surface area (Å²) in [6, 6.07) is 11.5. The molecule has 1 N–H and O–H groups in total. The molecule has 0 saturated heterocycles. The average Bonchev–Trinajstić information content (AvgIpc) is 3.17. The highest BCUT2D eigenvalue weighted by molar-refractivity contribution is 5.60. The minimum absolute atomic E-state index is 0.216. The number of nitrogens with zero attached hydrogens (tertiary/aromatic N) is 2. The molecule has 0 aliphatic carbocycles. The Bertz CT molecular complexity index is 817. The van der Waals surface area contributed by atoms with E-state index in [0.29, 0.717) is 23.0 Å². The van der Waals surface area contributed by atoms with Crippen molar-refractivity contribution in [3.05, 3.63) is 48.3 Å². The van der Waals surface area contributed by atoms with Crippen LogP contribution in [0.5, 0.6) is 11.5 Å². The fourth-order valence-electron chi connectivity index (χ4n) is 2.08. The lowest BCUT2D eigenvalue weighted by Crippen LogP contribution is -1.93. The Morgan fingerprint density at radius 3 is 2.64 bits per heavy atom. The van der Waals surface area contributed by atoms with E-state index in [0.717, 1.165) is 5.69 Å². The fraction of sp³-hybridized carbons (Fsp3) is 0.0667. The summed E-state index contributed by atoms with van der Waals surface area (Å²) in [4.78, 5) is 0. The van der Waals surface area contributed by atoms with Crippen LogP contribution >= 0.6 is 0 Å². The van der Waals surface area contributed by atoms with Crippen molar-refractivity contribution in [1.29, 1.82) is 0 Å². The van der Waals surface area contributed by atoms with E-state index in [2.05, 4.69) is 15.5 Å². The van der Waals surface area contributed by atoms with Crippen molar-refractivity contribution in [2.75, 3.05) is 12.1 Å². The Balaban J connectivity index is 1.55. The second-order valence-corrected chi connectivity index (χ2v) is 4.61. The number of ether oxygens (including phenoxy) is 2. The zero-order valence-corrected chi connectivity index (χ0v) is 11.2. The maximum absolute atomic E-state index is 12.9. The molecule has 0 atom stereocenters. The Hall–Kier alpha value is -3.09. The van der Waals surface area contributed by atoms with Crippen LogP contribution in [0.1, 0.15) is 0 Å². The predicted molar refractivity (Wildman–Crippen MR) is 75.5 cm³/mol. The monoisotopic (exact) mass is 299 g/mol. The molecule has 2 heterocycles. The van der Waals surface area contributed by atoms with Crippen molar-refractivity contribution in [1.82, 2.24) is 10.2 Å². The number of aromatic nitrogens is 2. The molecule has 3 aromatic rings. The van der Waals surface area contributed by atoms with Gasteiger partial charge in [-0.05, 0) is 36.4 Å². The second kappa shape index (κ2) is 5.03. The molecule has 0 radical (unpaired) electrons. The van der Waals surface area contributed by atoms with Crippen molar-refractivity contribution in [2.45, 2.75) is 0 Å². The van der Waals surface area contributed by atoms with Crippen LogP contribution in [0.3, 0.4) is 0 Å². The number of halogens is 1. The molecule has 22 heavy (non-hydrogen) atoms. The molecule has 1 aliphatic rings. The van der Waals surface area contributed by atoms with Crippen LogP contribution < -0.4 is 14.8 Å². The van der Waals surface area contributed by atoms with Gasteiger partial charge in [0.25, 0.3) is 0 Å². The number of fused-ring (bicyclic) bond motifs is 1. The lowest BCUT2D eigenvalue weighted by molar-refractivity contribution is 0.174. The Kier molecular flexibility index (Phi) is 2.89. The zero-order chi connectivity index (χ0) is 14.9. The SMILES string of the molecule is Fc1ccc(-c2nnc(Nc3ccc4c(c3)OCO4)o2)cc1. The molecule has 110 valence electrons. The van der Waals surface area contributed by atoms with Crippen LogP contribution in [-0.4, -0.2) is 17.0 Å². The second-order valence-electron chi connectivity index (χ2n) is 4.61. The van der Waals surface area contributed by atoms with Crippen LogP contribution in [0, 0.1) is 5.82 Å². The lowest BCUT2D eigenvalue weighted by Gasteiger charge is -2.02. The zero-order valence-electron chi connectivity index (χ0n) is 11.2. The highest BCUT2D eigenvalue weighted by Gasteiger charge is 2.14. The molecule has 1 aliphatic heterocycles. The summed E-state index contributed by atoms with van der Waals surface area (Å²) in [5.41, 5.74) is 1.38. The summed E-state index contributed by atoms with van der Waals surface area (Å²) in [7, 11) is 0. The first-order valence-corrected chi connectivity index (χ1v) is 6.54. The van der Waals surface area contributed by atoms with Crippen molar-refractivity contribution < 1.29 is 18.3 Å². The highest BCUT2D eigenvalue weighted by Crippen LogP contribution is 2.35. The van der Waals surface area contributed by atoms with E-state index in [1.165, 1.54) is 12.1 Å². The van der Waals surface area contributed by atoms with Crippen LogP contribution in [0.25, 0.3) is 11.5 Å². The minimum atomic E-state index is -0.318. The van der Waals surface area contributed by atoms with Crippen LogP contribution in [0.15, 0.2) is 46.9 Å². The van der Waals surface area contributed by atoms with Gasteiger partial charge in [0.2, 0.25) is 12.7 Å². The molecule has 0 fully saturated rings. The number of nitrogens with one attached hydrogen (secondary N) is 1. The standard InChI is InChI=1S/C15H10FN3O3/c16-10-3-1-9(2-4-10)14-18-19-15(22-14)17-11-5-6-12-13(7-11)21-8-20-12/h1-7H,8H2,(H,17,19). The summed E-state index contributed by atoms with van der Waals surface area (Å²) in [5, 5.41) is 10.8. The van der Waals surface area contributed by atoms with E-state index in [9.17, 15) is 4.39 Å². The third-order valence-electron chi connectivity index (χ3n) is 3.14. The molecule has 0 spiro atoms. The van der Waals surface area contributed by atoms with E-state index in [1.807, 2.05) is 6.07 Å². The van der Waals surface area contributed by atoms with E-state index in [4.69, 9.17) is 13.9 Å². The van der Waals surface area contributed by atoms with Crippen molar-refractivity contribution in [3.63, 3.8) is 0 Å². The van der Waals surface area contributed by atoms with E-state index < -0.39 is 0 Å². The van der Waals surface area contributed by atoms with Crippen molar-refractivity contribution >= 4 is 11.7 Å². The lowest BCUT2D eigenvalue weighted by atomic mass is 10.2. The Labute approximate surface area is 124 Å². The Morgan fingerprint density at radius 1 is 0.955 bits per heavy atom. The van der Waals surface area contributed by atoms with E-state index in [1.54, 1.807) is 24.3 Å². The molecule has 0 unspecified atom stereocenters. The normalized spacial score (nSPS) is 12.4. The molecule has 1 aromatic heterocycles. The predicted octanol–water partition coefficient (Wildman–Crippen LogP) is 3.35. The molecular weight excluding hydrogens is 289 g/mol. The average molecular weight is 299 g/mol. The summed E-state index contributed by atoms with van der Waals surface area (Å²) in [6.45, 7) is 0.216. The molecule has 0 amide bonds. The smallest absolute Gasteiger partial charge is 0.320 e. The molecule has 0 saturated carbocycles. The highest BCUT2D eigenvalue weighted by atomic mass is 19.1. The maximum Gasteiger partial charge on any atom is 0.320 e. The number of benzene rings is 2. The van der Waals surface area contributed by atoms with Gasteiger partial charge in [-0.2, -0.15) is 0 Å². The molecule has 4 rings (SSSR count). The van der Waals surface area contributed by atoms with Crippen molar-refractivity contribution in [3.8, 4) is 23.0 Å². The summed E-state index contributed by atoms with van der Waals surface area (Å²) in [5.74, 6) is 1.34. The third kappa shape index (κ3) is 2.32. The first kappa shape index (κ1) is 12.6. The van der Waals surface area contributed by atoms with Crippen molar-refractivity contribution in [2.24, 2.45) is 0 Å². The fourth-order valence-corrected chi connectivity index (χ4v) is 2.08. The number of rotatable bonds is 3. The van der Waals surface area contributed by atoms with Gasteiger partial charge in [-0.15, -0.1) is 5.10 Å². The van der Waals surface area contributed by atoms with Gasteiger partial charge in [-0.1, -0.05) is 5.10 Å². The first-order chi connectivity index (χ1) is 10.8. The van der Waals surface area contributed by atoms with Gasteiger partial charge in [-0.3, -0.25) is 0 Å². The summed E-state index contributed by atoms with van der Waals surface area (Å²) >= 11 is 0. The van der Waals surface area contributed by atoms with Crippen LogP contribution in [0.4, 0.5) is 16.1 Å². The van der Waals surface area contributed by atoms with Gasteiger partial charge < -0.3 is 19.2 Å². The maximum atomic E-state index is 12.9. The minimum Gasteiger partial charge on any atom is -0.454 e. The largest absolute Gasteiger partial charge is 0.454 e. The molecule has 0 bridgehead atoms. The summed E-state index contributed by atoms with van der Waals surface area (Å²) in [6.07, 6.45) is 0. The van der Waals surface area contributed by atoms with Gasteiger partial charge in [0, 0.05) is 17.3 Å². The molecule has 2 aromatic carbocycles. The first-order valence-electron chi connectivity index (χ1n) is 6.54. The quantitative estimate of drug-likeness (QED) is 0.800. The van der Waals surface area contributed by atoms with E-state index in [-0.39, 0.29) is 18.6 Å².